The van der Waals surface area contributed by atoms with Crippen LogP contribution in [0.1, 0.15) is 42.5 Å². The van der Waals surface area contributed by atoms with Gasteiger partial charge in [0.2, 0.25) is 0 Å². The van der Waals surface area contributed by atoms with E-state index >= 15 is 0 Å². The number of piperidine rings is 1. The van der Waals surface area contributed by atoms with E-state index in [-0.39, 0.29) is 5.54 Å². The maximum absolute atomic E-state index is 12.7. The third kappa shape index (κ3) is 3.50. The van der Waals surface area contributed by atoms with E-state index in [0.29, 0.717) is 5.82 Å². The first-order valence-electron chi connectivity index (χ1n) is 9.79. The lowest BCUT2D eigenvalue weighted by Crippen LogP contribution is -2.52. The molecular weight excluding hydrogens is 367 g/mol. The Balaban J connectivity index is 1.43. The minimum atomic E-state index is -4.34. The maximum atomic E-state index is 12.7. The Morgan fingerprint density at radius 3 is 2.39 bits per heavy atom. The standard InChI is InChI=1S/C20H26F3N5/c1-15-16(12-25-26(15)2)14-28-9-3-6-19(28)7-10-27(11-8-19)18-5-4-17(13-24-18)20(21,22)23/h4-5,12-13H,3,6-11,14H2,1-2H3. The zero-order chi connectivity index (χ0) is 19.9. The van der Waals surface area contributed by atoms with Crippen molar-refractivity contribution in [2.75, 3.05) is 24.5 Å². The van der Waals surface area contributed by atoms with E-state index in [1.165, 1.54) is 30.2 Å². The summed E-state index contributed by atoms with van der Waals surface area (Å²) >= 11 is 0. The fourth-order valence-electron chi connectivity index (χ4n) is 4.61. The number of aryl methyl sites for hydroxylation is 1. The van der Waals surface area contributed by atoms with E-state index in [9.17, 15) is 13.2 Å². The number of nitrogens with zero attached hydrogens (tertiary/aromatic N) is 5. The van der Waals surface area contributed by atoms with Crippen molar-refractivity contribution < 1.29 is 13.2 Å². The predicted molar refractivity (Wildman–Crippen MR) is 101 cm³/mol. The van der Waals surface area contributed by atoms with Crippen LogP contribution in [0.2, 0.25) is 0 Å². The molecule has 0 aromatic carbocycles. The maximum Gasteiger partial charge on any atom is 0.417 e. The highest BCUT2D eigenvalue weighted by atomic mass is 19.4. The SMILES string of the molecule is Cc1c(CN2CCCC23CCN(c2ccc(C(F)(F)F)cn2)CC3)cnn1C. The van der Waals surface area contributed by atoms with Crippen LogP contribution in [0.25, 0.3) is 0 Å². The van der Waals surface area contributed by atoms with Crippen LogP contribution in [0.4, 0.5) is 19.0 Å². The molecule has 5 nitrogen and oxygen atoms in total. The molecule has 2 aliphatic heterocycles. The number of hydrogen-bond acceptors (Lipinski definition) is 4. The van der Waals surface area contributed by atoms with E-state index < -0.39 is 11.7 Å². The average Bonchev–Trinajstić information content (AvgIpc) is 3.20. The number of halogens is 3. The zero-order valence-corrected chi connectivity index (χ0v) is 16.3. The third-order valence-electron chi connectivity index (χ3n) is 6.53. The summed E-state index contributed by atoms with van der Waals surface area (Å²) in [5.74, 6) is 0.635. The van der Waals surface area contributed by atoms with Crippen LogP contribution in [-0.4, -0.2) is 44.8 Å². The minimum absolute atomic E-state index is 0.185. The molecule has 0 saturated carbocycles. The summed E-state index contributed by atoms with van der Waals surface area (Å²) < 4.78 is 40.2. The summed E-state index contributed by atoms with van der Waals surface area (Å²) in [5, 5.41) is 4.36. The molecule has 0 atom stereocenters. The molecular formula is C20H26F3N5. The van der Waals surface area contributed by atoms with Gasteiger partial charge in [-0.1, -0.05) is 0 Å². The van der Waals surface area contributed by atoms with E-state index in [0.717, 1.165) is 51.3 Å². The molecule has 0 radical (unpaired) electrons. The second-order valence-corrected chi connectivity index (χ2v) is 8.02. The molecule has 8 heteroatoms. The van der Waals surface area contributed by atoms with Crippen molar-refractivity contribution >= 4 is 5.82 Å². The second kappa shape index (κ2) is 7.06. The van der Waals surface area contributed by atoms with Gasteiger partial charge in [-0.2, -0.15) is 18.3 Å². The molecule has 2 aromatic rings. The summed E-state index contributed by atoms with van der Waals surface area (Å²) in [6, 6.07) is 2.62. The summed E-state index contributed by atoms with van der Waals surface area (Å²) in [6.45, 7) is 5.75. The van der Waals surface area contributed by atoms with Gasteiger partial charge in [-0.3, -0.25) is 9.58 Å². The lowest BCUT2D eigenvalue weighted by molar-refractivity contribution is -0.137. The lowest BCUT2D eigenvalue weighted by Gasteiger charge is -2.45. The molecule has 0 aliphatic carbocycles. The van der Waals surface area contributed by atoms with Crippen molar-refractivity contribution in [3.8, 4) is 0 Å². The second-order valence-electron chi connectivity index (χ2n) is 8.02. The highest BCUT2D eigenvalue weighted by Gasteiger charge is 2.43. The van der Waals surface area contributed by atoms with Crippen molar-refractivity contribution in [3.63, 3.8) is 0 Å². The summed E-state index contributed by atoms with van der Waals surface area (Å²) in [6.07, 6.45) is 2.95. The van der Waals surface area contributed by atoms with Crippen LogP contribution in [0.3, 0.4) is 0 Å². The van der Waals surface area contributed by atoms with Gasteiger partial charge in [-0.15, -0.1) is 0 Å². The third-order valence-corrected chi connectivity index (χ3v) is 6.53. The van der Waals surface area contributed by atoms with Crippen LogP contribution in [0.15, 0.2) is 24.5 Å². The molecule has 2 aliphatic rings. The first kappa shape index (κ1) is 19.2. The monoisotopic (exact) mass is 393 g/mol. The molecule has 2 aromatic heterocycles. The molecule has 4 rings (SSSR count). The van der Waals surface area contributed by atoms with Gasteiger partial charge in [-0.05, 0) is 51.3 Å². The lowest BCUT2D eigenvalue weighted by atomic mass is 9.84. The summed E-state index contributed by atoms with van der Waals surface area (Å²) in [4.78, 5) is 8.77. The van der Waals surface area contributed by atoms with Crippen molar-refractivity contribution in [2.24, 2.45) is 7.05 Å². The van der Waals surface area contributed by atoms with Gasteiger partial charge in [0, 0.05) is 49.7 Å². The fourth-order valence-corrected chi connectivity index (χ4v) is 4.61. The molecule has 2 saturated heterocycles. The molecule has 1 spiro atoms. The largest absolute Gasteiger partial charge is 0.417 e. The normalized spacial score (nSPS) is 20.2. The Morgan fingerprint density at radius 2 is 1.82 bits per heavy atom. The first-order valence-corrected chi connectivity index (χ1v) is 9.79. The van der Waals surface area contributed by atoms with Crippen LogP contribution in [0, 0.1) is 6.92 Å². The number of aromatic nitrogens is 3. The summed E-state index contributed by atoms with van der Waals surface area (Å²) in [7, 11) is 1.97. The molecule has 0 amide bonds. The van der Waals surface area contributed by atoms with Gasteiger partial charge in [0.05, 0.1) is 11.8 Å². The molecule has 0 unspecified atom stereocenters. The number of pyridine rings is 1. The molecule has 2 fully saturated rings. The Hall–Kier alpha value is -2.09. The highest BCUT2D eigenvalue weighted by Crippen LogP contribution is 2.40. The van der Waals surface area contributed by atoms with Crippen LogP contribution >= 0.6 is 0 Å². The number of anilines is 1. The smallest absolute Gasteiger partial charge is 0.356 e. The Morgan fingerprint density at radius 1 is 1.07 bits per heavy atom. The molecule has 28 heavy (non-hydrogen) atoms. The Bertz CT molecular complexity index is 819. The molecule has 4 heterocycles. The number of alkyl halides is 3. The van der Waals surface area contributed by atoms with Gasteiger partial charge in [0.25, 0.3) is 0 Å². The van der Waals surface area contributed by atoms with Crippen molar-refractivity contribution in [2.45, 2.75) is 50.9 Å². The zero-order valence-electron chi connectivity index (χ0n) is 16.3. The van der Waals surface area contributed by atoms with Gasteiger partial charge in [0.1, 0.15) is 5.82 Å². The number of rotatable bonds is 3. The minimum Gasteiger partial charge on any atom is -0.356 e. The van der Waals surface area contributed by atoms with E-state index in [1.54, 1.807) is 0 Å². The van der Waals surface area contributed by atoms with Crippen molar-refractivity contribution in [1.29, 1.82) is 0 Å². The summed E-state index contributed by atoms with van der Waals surface area (Å²) in [5.41, 5.74) is 1.97. The fraction of sp³-hybridized carbons (Fsp3) is 0.600. The van der Waals surface area contributed by atoms with Crippen LogP contribution in [0.5, 0.6) is 0 Å². The van der Waals surface area contributed by atoms with Crippen LogP contribution in [-0.2, 0) is 19.8 Å². The van der Waals surface area contributed by atoms with Crippen molar-refractivity contribution in [3.05, 3.63) is 41.3 Å². The highest BCUT2D eigenvalue weighted by molar-refractivity contribution is 5.41. The van der Waals surface area contributed by atoms with Crippen LogP contribution < -0.4 is 4.90 Å². The predicted octanol–water partition coefficient (Wildman–Crippen LogP) is 3.78. The van der Waals surface area contributed by atoms with Gasteiger partial charge in [0.15, 0.2) is 0 Å². The van der Waals surface area contributed by atoms with E-state index in [1.807, 2.05) is 17.9 Å². The Labute approximate surface area is 163 Å². The van der Waals surface area contributed by atoms with E-state index in [4.69, 9.17) is 0 Å². The molecule has 0 N–H and O–H groups in total. The number of likely N-dealkylation sites (tertiary alicyclic amines) is 1. The van der Waals surface area contributed by atoms with Gasteiger partial charge in [-0.25, -0.2) is 4.98 Å². The van der Waals surface area contributed by atoms with Gasteiger partial charge < -0.3 is 4.90 Å². The first-order chi connectivity index (χ1) is 13.3. The quantitative estimate of drug-likeness (QED) is 0.795. The average molecular weight is 393 g/mol. The topological polar surface area (TPSA) is 37.2 Å². The molecule has 0 bridgehead atoms. The van der Waals surface area contributed by atoms with E-state index in [2.05, 4.69) is 26.8 Å². The van der Waals surface area contributed by atoms with Gasteiger partial charge >= 0.3 is 6.18 Å². The Kier molecular flexibility index (Phi) is 4.85. The number of hydrogen-bond donors (Lipinski definition) is 0. The molecule has 152 valence electrons. The van der Waals surface area contributed by atoms with Crippen molar-refractivity contribution in [1.82, 2.24) is 19.7 Å².